The number of urea groups is 1. The second kappa shape index (κ2) is 8.45. The predicted molar refractivity (Wildman–Crippen MR) is 102 cm³/mol. The lowest BCUT2D eigenvalue weighted by Crippen LogP contribution is -2.52. The molecular weight excluding hydrogens is 401 g/mol. The molecule has 144 valence electrons. The van der Waals surface area contributed by atoms with Crippen molar-refractivity contribution in [2.24, 2.45) is 5.92 Å². The Morgan fingerprint density at radius 3 is 2.46 bits per heavy atom. The fourth-order valence-corrected chi connectivity index (χ4v) is 4.74. The van der Waals surface area contributed by atoms with Gasteiger partial charge in [0.1, 0.15) is 6.04 Å². The Morgan fingerprint density at radius 1 is 1.23 bits per heavy atom. The van der Waals surface area contributed by atoms with Crippen molar-refractivity contribution in [1.82, 2.24) is 10.6 Å². The van der Waals surface area contributed by atoms with E-state index in [0.717, 1.165) is 0 Å². The number of benzene rings is 1. The maximum atomic E-state index is 12.5. The van der Waals surface area contributed by atoms with Crippen LogP contribution in [0.25, 0.3) is 0 Å². The Labute approximate surface area is 162 Å². The first-order valence-electron chi connectivity index (χ1n) is 8.11. The maximum absolute atomic E-state index is 12.5. The highest BCUT2D eigenvalue weighted by Crippen LogP contribution is 2.25. The van der Waals surface area contributed by atoms with Gasteiger partial charge in [0.05, 0.1) is 22.2 Å². The number of hydrogen-bond donors (Lipinski definition) is 3. The van der Waals surface area contributed by atoms with E-state index >= 15 is 0 Å². The lowest BCUT2D eigenvalue weighted by atomic mass is 10.0. The number of amides is 3. The third-order valence-corrected chi connectivity index (χ3v) is 6.31. The lowest BCUT2D eigenvalue weighted by Gasteiger charge is -2.23. The van der Waals surface area contributed by atoms with Crippen molar-refractivity contribution in [3.05, 3.63) is 28.2 Å². The zero-order valence-corrected chi connectivity index (χ0v) is 16.7. The molecule has 2 unspecified atom stereocenters. The SMILES string of the molecule is CC(C)C(NC(=O)NC1CCS(=O)(=O)C1)C(=O)Nc1ccc(Cl)cc1Cl. The molecule has 3 N–H and O–H groups in total. The highest BCUT2D eigenvalue weighted by molar-refractivity contribution is 7.91. The van der Waals surface area contributed by atoms with Gasteiger partial charge in [-0.2, -0.15) is 0 Å². The van der Waals surface area contributed by atoms with E-state index in [9.17, 15) is 18.0 Å². The van der Waals surface area contributed by atoms with Gasteiger partial charge in [-0.25, -0.2) is 13.2 Å². The number of anilines is 1. The summed E-state index contributed by atoms with van der Waals surface area (Å²) in [6, 6.07) is 2.82. The molecule has 2 atom stereocenters. The van der Waals surface area contributed by atoms with Crippen molar-refractivity contribution in [2.45, 2.75) is 32.4 Å². The standard InChI is InChI=1S/C16H21Cl2N3O4S/c1-9(2)14(15(22)20-13-4-3-10(17)7-12(13)18)21-16(23)19-11-5-6-26(24,25)8-11/h3-4,7,9,11,14H,5-6,8H2,1-2H3,(H,20,22)(H2,19,21,23). The topological polar surface area (TPSA) is 104 Å². The Kier molecular flexibility index (Phi) is 6.76. The molecule has 2 rings (SSSR count). The zero-order chi connectivity index (χ0) is 19.5. The highest BCUT2D eigenvalue weighted by atomic mass is 35.5. The number of carbonyl (C=O) groups is 2. The van der Waals surface area contributed by atoms with Crippen LogP contribution in [0.3, 0.4) is 0 Å². The maximum Gasteiger partial charge on any atom is 0.315 e. The van der Waals surface area contributed by atoms with E-state index in [1.54, 1.807) is 26.0 Å². The van der Waals surface area contributed by atoms with Crippen LogP contribution in [0.4, 0.5) is 10.5 Å². The molecular formula is C16H21Cl2N3O4S. The van der Waals surface area contributed by atoms with Gasteiger partial charge in [0.2, 0.25) is 5.91 Å². The van der Waals surface area contributed by atoms with E-state index in [4.69, 9.17) is 23.2 Å². The van der Waals surface area contributed by atoms with Crippen LogP contribution >= 0.6 is 23.2 Å². The van der Waals surface area contributed by atoms with Crippen LogP contribution in [0.2, 0.25) is 10.0 Å². The number of sulfone groups is 1. The summed E-state index contributed by atoms with van der Waals surface area (Å²) in [5.74, 6) is -0.655. The van der Waals surface area contributed by atoms with Gasteiger partial charge < -0.3 is 16.0 Å². The van der Waals surface area contributed by atoms with Crippen molar-refractivity contribution in [1.29, 1.82) is 0 Å². The number of halogens is 2. The quantitative estimate of drug-likeness (QED) is 0.678. The molecule has 0 aromatic heterocycles. The summed E-state index contributed by atoms with van der Waals surface area (Å²) in [5, 5.41) is 8.59. The van der Waals surface area contributed by atoms with Gasteiger partial charge >= 0.3 is 6.03 Å². The molecule has 0 spiro atoms. The first-order chi connectivity index (χ1) is 12.1. The van der Waals surface area contributed by atoms with Gasteiger partial charge in [-0.1, -0.05) is 37.0 Å². The number of hydrogen-bond acceptors (Lipinski definition) is 4. The lowest BCUT2D eigenvalue weighted by molar-refractivity contribution is -0.118. The third kappa shape index (κ3) is 5.75. The Bertz CT molecular complexity index is 799. The fourth-order valence-electron chi connectivity index (χ4n) is 2.61. The molecule has 1 aliphatic rings. The second-order valence-corrected chi connectivity index (χ2v) is 9.63. The monoisotopic (exact) mass is 421 g/mol. The first-order valence-corrected chi connectivity index (χ1v) is 10.7. The minimum absolute atomic E-state index is 0.0567. The smallest absolute Gasteiger partial charge is 0.315 e. The summed E-state index contributed by atoms with van der Waals surface area (Å²) in [6.45, 7) is 3.57. The molecule has 0 saturated carbocycles. The van der Waals surface area contributed by atoms with E-state index in [-0.39, 0.29) is 22.4 Å². The summed E-state index contributed by atoms with van der Waals surface area (Å²) in [7, 11) is -3.10. The number of rotatable bonds is 5. The van der Waals surface area contributed by atoms with Crippen molar-refractivity contribution in [3.8, 4) is 0 Å². The molecule has 0 bridgehead atoms. The average Bonchev–Trinajstić information content (AvgIpc) is 2.86. The van der Waals surface area contributed by atoms with Gasteiger partial charge in [-0.15, -0.1) is 0 Å². The summed E-state index contributed by atoms with van der Waals surface area (Å²) < 4.78 is 22.9. The molecule has 1 saturated heterocycles. The van der Waals surface area contributed by atoms with E-state index in [0.29, 0.717) is 17.1 Å². The Balaban J connectivity index is 1.99. The third-order valence-electron chi connectivity index (χ3n) is 3.99. The van der Waals surface area contributed by atoms with Gasteiger partial charge in [0.15, 0.2) is 9.84 Å². The molecule has 3 amide bonds. The van der Waals surface area contributed by atoms with E-state index in [2.05, 4.69) is 16.0 Å². The van der Waals surface area contributed by atoms with Gasteiger partial charge in [-0.3, -0.25) is 4.79 Å². The number of nitrogens with one attached hydrogen (secondary N) is 3. The van der Waals surface area contributed by atoms with Crippen molar-refractivity contribution in [2.75, 3.05) is 16.8 Å². The normalized spacial score (nSPS) is 19.8. The van der Waals surface area contributed by atoms with Crippen LogP contribution in [0.5, 0.6) is 0 Å². The molecule has 10 heteroatoms. The number of carbonyl (C=O) groups excluding carboxylic acids is 2. The molecule has 1 aromatic carbocycles. The Hall–Kier alpha value is -1.51. The largest absolute Gasteiger partial charge is 0.334 e. The van der Waals surface area contributed by atoms with Crippen LogP contribution in [0.15, 0.2) is 18.2 Å². The summed E-state index contributed by atoms with van der Waals surface area (Å²) in [6.07, 6.45) is 0.370. The van der Waals surface area contributed by atoms with Crippen LogP contribution in [-0.2, 0) is 14.6 Å². The summed E-state index contributed by atoms with van der Waals surface area (Å²) >= 11 is 11.9. The fraction of sp³-hybridized carbons (Fsp3) is 0.500. The summed E-state index contributed by atoms with van der Waals surface area (Å²) in [4.78, 5) is 24.7. The molecule has 7 nitrogen and oxygen atoms in total. The van der Waals surface area contributed by atoms with Crippen molar-refractivity contribution >= 4 is 50.7 Å². The first kappa shape index (κ1) is 20.8. The van der Waals surface area contributed by atoms with Crippen LogP contribution < -0.4 is 16.0 Å². The predicted octanol–water partition coefficient (Wildman–Crippen LogP) is 2.44. The molecule has 1 aliphatic heterocycles. The minimum Gasteiger partial charge on any atom is -0.334 e. The molecule has 1 aromatic rings. The zero-order valence-electron chi connectivity index (χ0n) is 14.4. The minimum atomic E-state index is -3.10. The van der Waals surface area contributed by atoms with Crippen molar-refractivity contribution in [3.63, 3.8) is 0 Å². The average molecular weight is 422 g/mol. The van der Waals surface area contributed by atoms with Crippen molar-refractivity contribution < 1.29 is 18.0 Å². The molecule has 1 heterocycles. The van der Waals surface area contributed by atoms with E-state index < -0.39 is 33.9 Å². The van der Waals surface area contributed by atoms with Gasteiger partial charge in [0, 0.05) is 11.1 Å². The van der Waals surface area contributed by atoms with Crippen LogP contribution in [-0.4, -0.2) is 43.9 Å². The summed E-state index contributed by atoms with van der Waals surface area (Å²) in [5.41, 5.74) is 0.385. The molecule has 0 radical (unpaired) electrons. The molecule has 1 fully saturated rings. The van der Waals surface area contributed by atoms with Gasteiger partial charge in [-0.05, 0) is 30.5 Å². The van der Waals surface area contributed by atoms with Crippen LogP contribution in [0.1, 0.15) is 20.3 Å². The van der Waals surface area contributed by atoms with E-state index in [1.165, 1.54) is 6.07 Å². The second-order valence-electron chi connectivity index (χ2n) is 6.55. The van der Waals surface area contributed by atoms with E-state index in [1.807, 2.05) is 0 Å². The highest BCUT2D eigenvalue weighted by Gasteiger charge is 2.31. The molecule has 26 heavy (non-hydrogen) atoms. The Morgan fingerprint density at radius 2 is 1.92 bits per heavy atom. The van der Waals surface area contributed by atoms with Gasteiger partial charge in [0.25, 0.3) is 0 Å². The molecule has 0 aliphatic carbocycles. The van der Waals surface area contributed by atoms with Crippen LogP contribution in [0, 0.1) is 5.92 Å².